The Morgan fingerprint density at radius 2 is 2.27 bits per heavy atom. The molecule has 22 heavy (non-hydrogen) atoms. The second-order valence-electron chi connectivity index (χ2n) is 5.18. The molecule has 116 valence electrons. The van der Waals surface area contributed by atoms with E-state index in [0.717, 1.165) is 11.9 Å². The standard InChI is InChI=1S/C15H18N4O3/c1-2-6-16-14(20)4-3-7-19-15(21)12-9-13-11(5-8-22-13)18(12)10-17-19/h5,8-10H,2-4,6-7H2,1H3,(H,16,20). The Bertz CT molecular complexity index is 859. The van der Waals surface area contributed by atoms with E-state index in [1.807, 2.05) is 6.92 Å². The van der Waals surface area contributed by atoms with Crippen molar-refractivity contribution in [2.24, 2.45) is 0 Å². The average Bonchev–Trinajstić information content (AvgIpc) is 3.09. The summed E-state index contributed by atoms with van der Waals surface area (Å²) in [6.45, 7) is 3.11. The van der Waals surface area contributed by atoms with Crippen molar-refractivity contribution in [3.63, 3.8) is 0 Å². The van der Waals surface area contributed by atoms with Crippen molar-refractivity contribution in [1.82, 2.24) is 19.5 Å². The van der Waals surface area contributed by atoms with Gasteiger partial charge in [0.05, 0.1) is 11.8 Å². The highest BCUT2D eigenvalue weighted by molar-refractivity contribution is 5.81. The molecule has 0 saturated heterocycles. The first-order valence-corrected chi connectivity index (χ1v) is 7.42. The van der Waals surface area contributed by atoms with Crippen LogP contribution in [0.15, 0.2) is 33.9 Å². The van der Waals surface area contributed by atoms with Crippen LogP contribution in [0.2, 0.25) is 0 Å². The zero-order chi connectivity index (χ0) is 15.5. The molecular weight excluding hydrogens is 284 g/mol. The van der Waals surface area contributed by atoms with E-state index in [4.69, 9.17) is 4.42 Å². The Balaban J connectivity index is 1.73. The zero-order valence-corrected chi connectivity index (χ0v) is 12.4. The Morgan fingerprint density at radius 3 is 3.09 bits per heavy atom. The molecule has 0 radical (unpaired) electrons. The smallest absolute Gasteiger partial charge is 0.291 e. The molecule has 0 atom stereocenters. The first-order chi connectivity index (χ1) is 10.7. The van der Waals surface area contributed by atoms with Gasteiger partial charge in [-0.25, -0.2) is 4.68 Å². The summed E-state index contributed by atoms with van der Waals surface area (Å²) in [6.07, 6.45) is 5.07. The number of aromatic nitrogens is 3. The van der Waals surface area contributed by atoms with Crippen molar-refractivity contribution in [2.45, 2.75) is 32.7 Å². The van der Waals surface area contributed by atoms with Crippen LogP contribution in [0.1, 0.15) is 26.2 Å². The van der Waals surface area contributed by atoms with E-state index in [1.165, 1.54) is 4.68 Å². The maximum atomic E-state index is 12.4. The van der Waals surface area contributed by atoms with Gasteiger partial charge in [0, 0.05) is 31.6 Å². The third-order valence-electron chi connectivity index (χ3n) is 3.57. The zero-order valence-electron chi connectivity index (χ0n) is 12.4. The third-order valence-corrected chi connectivity index (χ3v) is 3.57. The Kier molecular flexibility index (Phi) is 3.95. The molecule has 0 aliphatic carbocycles. The van der Waals surface area contributed by atoms with E-state index in [2.05, 4.69) is 10.4 Å². The number of carbonyl (C=O) groups is 1. The second kappa shape index (κ2) is 6.05. The van der Waals surface area contributed by atoms with Crippen LogP contribution in [-0.4, -0.2) is 26.6 Å². The maximum Gasteiger partial charge on any atom is 0.291 e. The molecule has 0 aliphatic rings. The number of fused-ring (bicyclic) bond motifs is 3. The Labute approximate surface area is 126 Å². The van der Waals surface area contributed by atoms with Gasteiger partial charge in [-0.05, 0) is 12.8 Å². The van der Waals surface area contributed by atoms with Crippen molar-refractivity contribution >= 4 is 22.5 Å². The van der Waals surface area contributed by atoms with Crippen LogP contribution in [0, 0.1) is 0 Å². The van der Waals surface area contributed by atoms with Crippen molar-refractivity contribution < 1.29 is 9.21 Å². The molecule has 0 spiro atoms. The SMILES string of the molecule is CCCNC(=O)CCCn1ncn2c(cc3occc32)c1=O. The van der Waals surface area contributed by atoms with E-state index in [1.54, 1.807) is 29.1 Å². The summed E-state index contributed by atoms with van der Waals surface area (Å²) >= 11 is 0. The second-order valence-corrected chi connectivity index (χ2v) is 5.18. The fraction of sp³-hybridized carbons (Fsp3) is 0.400. The van der Waals surface area contributed by atoms with E-state index >= 15 is 0 Å². The van der Waals surface area contributed by atoms with Crippen LogP contribution in [0.5, 0.6) is 0 Å². The topological polar surface area (TPSA) is 81.5 Å². The molecule has 3 aromatic rings. The molecule has 0 aromatic carbocycles. The van der Waals surface area contributed by atoms with Gasteiger partial charge in [0.2, 0.25) is 5.91 Å². The van der Waals surface area contributed by atoms with Crippen LogP contribution in [-0.2, 0) is 11.3 Å². The highest BCUT2D eigenvalue weighted by Crippen LogP contribution is 2.18. The van der Waals surface area contributed by atoms with E-state index < -0.39 is 0 Å². The Hall–Kier alpha value is -2.57. The molecule has 0 aliphatic heterocycles. The van der Waals surface area contributed by atoms with E-state index in [0.29, 0.717) is 37.0 Å². The van der Waals surface area contributed by atoms with Crippen molar-refractivity contribution in [2.75, 3.05) is 6.54 Å². The number of nitrogens with one attached hydrogen (secondary N) is 1. The molecule has 3 rings (SSSR count). The minimum Gasteiger partial charge on any atom is -0.463 e. The summed E-state index contributed by atoms with van der Waals surface area (Å²) in [5.74, 6) is 0.0103. The number of hydrogen-bond donors (Lipinski definition) is 1. The highest BCUT2D eigenvalue weighted by Gasteiger charge is 2.11. The van der Waals surface area contributed by atoms with Crippen LogP contribution in [0.25, 0.3) is 16.6 Å². The lowest BCUT2D eigenvalue weighted by Gasteiger charge is -2.06. The van der Waals surface area contributed by atoms with Gasteiger partial charge in [-0.1, -0.05) is 6.92 Å². The fourth-order valence-corrected chi connectivity index (χ4v) is 2.43. The number of nitrogens with zero attached hydrogens (tertiary/aromatic N) is 3. The quantitative estimate of drug-likeness (QED) is 0.749. The number of amides is 1. The first kappa shape index (κ1) is 14.4. The largest absolute Gasteiger partial charge is 0.463 e. The predicted octanol–water partition coefficient (Wildman–Crippen LogP) is 1.55. The Morgan fingerprint density at radius 1 is 1.41 bits per heavy atom. The van der Waals surface area contributed by atoms with E-state index in [9.17, 15) is 9.59 Å². The van der Waals surface area contributed by atoms with Gasteiger partial charge < -0.3 is 9.73 Å². The molecule has 0 bridgehead atoms. The normalized spacial score (nSPS) is 11.3. The highest BCUT2D eigenvalue weighted by atomic mass is 16.3. The molecule has 3 aromatic heterocycles. The summed E-state index contributed by atoms with van der Waals surface area (Å²) in [4.78, 5) is 23.9. The summed E-state index contributed by atoms with van der Waals surface area (Å²) in [7, 11) is 0. The minimum atomic E-state index is -0.178. The van der Waals surface area contributed by atoms with Crippen molar-refractivity contribution in [1.29, 1.82) is 0 Å². The summed E-state index contributed by atoms with van der Waals surface area (Å²) in [6, 6.07) is 3.51. The molecular formula is C15H18N4O3. The maximum absolute atomic E-state index is 12.4. The van der Waals surface area contributed by atoms with Crippen molar-refractivity contribution in [3.05, 3.63) is 35.1 Å². The van der Waals surface area contributed by atoms with Gasteiger partial charge >= 0.3 is 0 Å². The van der Waals surface area contributed by atoms with Gasteiger partial charge in [0.1, 0.15) is 11.8 Å². The van der Waals surface area contributed by atoms with Gasteiger partial charge in [0.25, 0.3) is 5.56 Å². The van der Waals surface area contributed by atoms with Crippen LogP contribution in [0.4, 0.5) is 0 Å². The monoisotopic (exact) mass is 302 g/mol. The molecule has 3 heterocycles. The summed E-state index contributed by atoms with van der Waals surface area (Å²) < 4.78 is 8.40. The lowest BCUT2D eigenvalue weighted by atomic mass is 10.3. The first-order valence-electron chi connectivity index (χ1n) is 7.42. The number of aryl methyl sites for hydroxylation is 1. The van der Waals surface area contributed by atoms with E-state index in [-0.39, 0.29) is 11.5 Å². The van der Waals surface area contributed by atoms with Crippen molar-refractivity contribution in [3.8, 4) is 0 Å². The molecule has 7 heteroatoms. The lowest BCUT2D eigenvalue weighted by Crippen LogP contribution is -2.27. The number of furan rings is 1. The molecule has 0 unspecified atom stereocenters. The molecule has 0 fully saturated rings. The molecule has 7 nitrogen and oxygen atoms in total. The minimum absolute atomic E-state index is 0.0103. The summed E-state index contributed by atoms with van der Waals surface area (Å²) in [5.41, 5.74) is 1.84. The fourth-order valence-electron chi connectivity index (χ4n) is 2.43. The molecule has 0 saturated carbocycles. The molecule has 1 N–H and O–H groups in total. The van der Waals surface area contributed by atoms with Gasteiger partial charge in [-0.3, -0.25) is 14.0 Å². The van der Waals surface area contributed by atoms with Crippen LogP contribution >= 0.6 is 0 Å². The number of carbonyl (C=O) groups excluding carboxylic acids is 1. The summed E-state index contributed by atoms with van der Waals surface area (Å²) in [5, 5.41) is 6.97. The van der Waals surface area contributed by atoms with Gasteiger partial charge in [0.15, 0.2) is 5.58 Å². The van der Waals surface area contributed by atoms with Crippen LogP contribution < -0.4 is 10.9 Å². The average molecular weight is 302 g/mol. The molecule has 1 amide bonds. The number of rotatable bonds is 6. The third kappa shape index (κ3) is 2.61. The van der Waals surface area contributed by atoms with Gasteiger partial charge in [-0.15, -0.1) is 0 Å². The number of hydrogen-bond acceptors (Lipinski definition) is 4. The lowest BCUT2D eigenvalue weighted by molar-refractivity contribution is -0.121. The van der Waals surface area contributed by atoms with Gasteiger partial charge in [-0.2, -0.15) is 5.10 Å². The van der Waals surface area contributed by atoms with Crippen LogP contribution in [0.3, 0.4) is 0 Å². The predicted molar refractivity (Wildman–Crippen MR) is 81.8 cm³/mol.